The van der Waals surface area contributed by atoms with Gasteiger partial charge in [-0.1, -0.05) is 32.4 Å². The molecule has 0 fully saturated rings. The van der Waals surface area contributed by atoms with Crippen molar-refractivity contribution in [1.29, 1.82) is 0 Å². The highest BCUT2D eigenvalue weighted by atomic mass is 16.2. The van der Waals surface area contributed by atoms with Crippen LogP contribution in [0, 0.1) is 19.3 Å². The van der Waals surface area contributed by atoms with E-state index >= 15 is 0 Å². The van der Waals surface area contributed by atoms with Crippen molar-refractivity contribution in [3.8, 4) is 0 Å². The molecule has 0 saturated heterocycles. The van der Waals surface area contributed by atoms with Crippen molar-refractivity contribution in [2.24, 2.45) is 5.41 Å². The smallest absolute Gasteiger partial charge is 0.314 e. The number of hydrogen-bond donors (Lipinski definition) is 2. The average Bonchev–Trinajstić information content (AvgIpc) is 2.22. The fourth-order valence-electron chi connectivity index (χ4n) is 1.60. The first-order chi connectivity index (χ1) is 8.68. The molecule has 0 spiro atoms. The summed E-state index contributed by atoms with van der Waals surface area (Å²) in [6.07, 6.45) is 1.76. The summed E-state index contributed by atoms with van der Waals surface area (Å²) in [6, 6.07) is 5.76. The predicted molar refractivity (Wildman–Crippen MR) is 81.3 cm³/mol. The molecule has 0 heterocycles. The first kappa shape index (κ1) is 15.3. The van der Waals surface area contributed by atoms with Gasteiger partial charge in [-0.3, -0.25) is 0 Å². The third kappa shape index (κ3) is 5.16. The van der Waals surface area contributed by atoms with Gasteiger partial charge in [0.15, 0.2) is 0 Å². The van der Waals surface area contributed by atoms with Crippen LogP contribution >= 0.6 is 0 Å². The van der Waals surface area contributed by atoms with E-state index in [1.165, 1.54) is 0 Å². The van der Waals surface area contributed by atoms with Crippen molar-refractivity contribution < 1.29 is 4.79 Å². The summed E-state index contributed by atoms with van der Waals surface area (Å²) in [6.45, 7) is 12.4. The van der Waals surface area contributed by atoms with E-state index in [0.29, 0.717) is 0 Å². The third-order valence-electron chi connectivity index (χ3n) is 3.08. The van der Waals surface area contributed by atoms with Gasteiger partial charge in [-0.25, -0.2) is 4.79 Å². The van der Waals surface area contributed by atoms with Crippen LogP contribution in [0.4, 0.5) is 10.5 Å². The Bertz CT molecular complexity index is 476. The molecule has 1 rings (SSSR count). The van der Waals surface area contributed by atoms with Gasteiger partial charge in [0.05, 0.1) is 0 Å². The summed E-state index contributed by atoms with van der Waals surface area (Å²) < 4.78 is 0. The summed E-state index contributed by atoms with van der Waals surface area (Å²) in [7, 11) is 0. The largest absolute Gasteiger partial charge is 0.323 e. The standard InChI is InChI=1S/C16H24N2O/c1-11-7-12(2)9-14(8-11)18-15(19)17-10-13(3)16(4,5)6/h7-10H,1-6H3,(H2,17,18,19)/b13-10+. The van der Waals surface area contributed by atoms with Gasteiger partial charge in [0.2, 0.25) is 0 Å². The number of aryl methyl sites for hydroxylation is 2. The molecule has 104 valence electrons. The summed E-state index contributed by atoms with van der Waals surface area (Å²) in [5.74, 6) is 0. The molecule has 0 aliphatic heterocycles. The average molecular weight is 260 g/mol. The van der Waals surface area contributed by atoms with Crippen LogP contribution in [0.25, 0.3) is 0 Å². The Morgan fingerprint density at radius 2 is 1.63 bits per heavy atom. The van der Waals surface area contributed by atoms with Gasteiger partial charge in [-0.15, -0.1) is 0 Å². The number of carbonyl (C=O) groups excluding carboxylic acids is 1. The van der Waals surface area contributed by atoms with E-state index in [1.54, 1.807) is 6.20 Å². The first-order valence-corrected chi connectivity index (χ1v) is 6.51. The van der Waals surface area contributed by atoms with Gasteiger partial charge < -0.3 is 10.6 Å². The van der Waals surface area contributed by atoms with E-state index in [0.717, 1.165) is 22.4 Å². The zero-order chi connectivity index (χ0) is 14.6. The summed E-state index contributed by atoms with van der Waals surface area (Å²) in [5.41, 5.74) is 4.28. The molecule has 3 heteroatoms. The van der Waals surface area contributed by atoms with Crippen molar-refractivity contribution >= 4 is 11.7 Å². The van der Waals surface area contributed by atoms with E-state index in [2.05, 4.69) is 37.5 Å². The van der Waals surface area contributed by atoms with Gasteiger partial charge >= 0.3 is 6.03 Å². The number of nitrogens with one attached hydrogen (secondary N) is 2. The van der Waals surface area contributed by atoms with Gasteiger partial charge in [-0.2, -0.15) is 0 Å². The van der Waals surface area contributed by atoms with Crippen molar-refractivity contribution in [3.63, 3.8) is 0 Å². The maximum Gasteiger partial charge on any atom is 0.323 e. The van der Waals surface area contributed by atoms with Gasteiger partial charge in [0, 0.05) is 11.9 Å². The summed E-state index contributed by atoms with van der Waals surface area (Å²) >= 11 is 0. The second-order valence-corrected chi connectivity index (χ2v) is 6.05. The van der Waals surface area contributed by atoms with Gasteiger partial charge in [0.1, 0.15) is 0 Å². The molecule has 0 aliphatic carbocycles. The van der Waals surface area contributed by atoms with E-state index in [-0.39, 0.29) is 11.4 Å². The second-order valence-electron chi connectivity index (χ2n) is 6.05. The van der Waals surface area contributed by atoms with Crippen LogP contribution < -0.4 is 10.6 Å². The number of amides is 2. The third-order valence-corrected chi connectivity index (χ3v) is 3.08. The lowest BCUT2D eigenvalue weighted by Gasteiger charge is -2.19. The lowest BCUT2D eigenvalue weighted by molar-refractivity contribution is 0.255. The highest BCUT2D eigenvalue weighted by molar-refractivity contribution is 5.90. The number of carbonyl (C=O) groups is 1. The normalized spacial score (nSPS) is 12.2. The first-order valence-electron chi connectivity index (χ1n) is 6.51. The molecule has 2 amide bonds. The Kier molecular flexibility index (Phi) is 4.76. The molecule has 0 radical (unpaired) electrons. The second kappa shape index (κ2) is 5.91. The molecule has 1 aromatic rings. The maximum atomic E-state index is 11.8. The fourth-order valence-corrected chi connectivity index (χ4v) is 1.60. The zero-order valence-electron chi connectivity index (χ0n) is 12.7. The molecule has 2 N–H and O–H groups in total. The Morgan fingerprint density at radius 1 is 1.11 bits per heavy atom. The molecule has 0 unspecified atom stereocenters. The molecule has 0 saturated carbocycles. The minimum absolute atomic E-state index is 0.0627. The number of rotatable bonds is 2. The van der Waals surface area contributed by atoms with E-state index in [1.807, 2.05) is 32.9 Å². The van der Waals surface area contributed by atoms with Crippen molar-refractivity contribution in [3.05, 3.63) is 41.1 Å². The predicted octanol–water partition coefficient (Wildman–Crippen LogP) is 4.37. The SMILES string of the molecule is C/C(=C\NC(=O)Nc1cc(C)cc(C)c1)C(C)(C)C. The lowest BCUT2D eigenvalue weighted by atomic mass is 9.88. The molecular formula is C16H24N2O. The van der Waals surface area contributed by atoms with E-state index < -0.39 is 0 Å². The quantitative estimate of drug-likeness (QED) is 0.814. The number of allylic oxidation sites excluding steroid dienone is 1. The molecule has 0 atom stereocenters. The molecule has 0 aliphatic rings. The number of urea groups is 1. The molecule has 0 bridgehead atoms. The molecular weight excluding hydrogens is 236 g/mol. The highest BCUT2D eigenvalue weighted by Gasteiger charge is 2.12. The summed E-state index contributed by atoms with van der Waals surface area (Å²) in [4.78, 5) is 11.8. The van der Waals surface area contributed by atoms with Crippen molar-refractivity contribution in [2.45, 2.75) is 41.5 Å². The van der Waals surface area contributed by atoms with Crippen LogP contribution in [0.3, 0.4) is 0 Å². The molecule has 19 heavy (non-hydrogen) atoms. The van der Waals surface area contributed by atoms with Crippen LogP contribution in [-0.2, 0) is 0 Å². The van der Waals surface area contributed by atoms with Gasteiger partial charge in [0.25, 0.3) is 0 Å². The van der Waals surface area contributed by atoms with Gasteiger partial charge in [-0.05, 0) is 49.4 Å². The Labute approximate surface area is 116 Å². The van der Waals surface area contributed by atoms with Crippen LogP contribution in [0.15, 0.2) is 30.0 Å². The molecule has 3 nitrogen and oxygen atoms in total. The molecule has 0 aromatic heterocycles. The molecule has 1 aromatic carbocycles. The Morgan fingerprint density at radius 3 is 2.11 bits per heavy atom. The number of benzene rings is 1. The lowest BCUT2D eigenvalue weighted by Crippen LogP contribution is -2.25. The van der Waals surface area contributed by atoms with Crippen molar-refractivity contribution in [1.82, 2.24) is 5.32 Å². The topological polar surface area (TPSA) is 41.1 Å². The number of anilines is 1. The minimum atomic E-state index is -0.214. The summed E-state index contributed by atoms with van der Waals surface area (Å²) in [5, 5.41) is 5.60. The minimum Gasteiger partial charge on any atom is -0.314 e. The maximum absolute atomic E-state index is 11.8. The van der Waals surface area contributed by atoms with Crippen molar-refractivity contribution in [2.75, 3.05) is 5.32 Å². The van der Waals surface area contributed by atoms with Crippen LogP contribution in [-0.4, -0.2) is 6.03 Å². The van der Waals surface area contributed by atoms with Crippen LogP contribution in [0.5, 0.6) is 0 Å². The Balaban J connectivity index is 2.66. The van der Waals surface area contributed by atoms with E-state index in [4.69, 9.17) is 0 Å². The van der Waals surface area contributed by atoms with Crippen LogP contribution in [0.1, 0.15) is 38.8 Å². The van der Waals surface area contributed by atoms with Crippen LogP contribution in [0.2, 0.25) is 0 Å². The Hall–Kier alpha value is -1.77. The highest BCUT2D eigenvalue weighted by Crippen LogP contribution is 2.23. The van der Waals surface area contributed by atoms with E-state index in [9.17, 15) is 4.79 Å². The monoisotopic (exact) mass is 260 g/mol. The zero-order valence-corrected chi connectivity index (χ0v) is 12.7. The fraction of sp³-hybridized carbons (Fsp3) is 0.438. The number of hydrogen-bond acceptors (Lipinski definition) is 1.